The average Bonchev–Trinajstić information content (AvgIpc) is 1.60. The summed E-state index contributed by atoms with van der Waals surface area (Å²) in [5, 5.41) is 3.43. The molecule has 1 atom stereocenters. The van der Waals surface area contributed by atoms with Gasteiger partial charge in [-0.25, -0.2) is 0 Å². The molecule has 2 N–H and O–H groups in total. The van der Waals surface area contributed by atoms with Crippen molar-refractivity contribution in [3.05, 3.63) is 7.05 Å². The first kappa shape index (κ1) is 7.03. The van der Waals surface area contributed by atoms with Crippen molar-refractivity contribution < 1.29 is 4.90 Å². The van der Waals surface area contributed by atoms with Gasteiger partial charge in [-0.3, -0.25) is 0 Å². The summed E-state index contributed by atoms with van der Waals surface area (Å²) in [6.07, 6.45) is 0. The van der Waals surface area contributed by atoms with Crippen LogP contribution < -0.4 is 10.2 Å². The highest BCUT2D eigenvalue weighted by Crippen LogP contribution is 1.98. The van der Waals surface area contributed by atoms with Gasteiger partial charge in [0.15, 0.2) is 0 Å². The van der Waals surface area contributed by atoms with Gasteiger partial charge in [0.05, 0.1) is 18.6 Å². The molecule has 0 aromatic heterocycles. The van der Waals surface area contributed by atoms with Crippen molar-refractivity contribution in [3.8, 4) is 0 Å². The van der Waals surface area contributed by atoms with Gasteiger partial charge < -0.3 is 10.2 Å². The summed E-state index contributed by atoms with van der Waals surface area (Å²) >= 11 is 0. The van der Waals surface area contributed by atoms with Crippen molar-refractivity contribution in [2.75, 3.05) is 19.6 Å². The van der Waals surface area contributed by atoms with Gasteiger partial charge >= 0.3 is 0 Å². The Balaban J connectivity index is 2.41. The Kier molecular flexibility index (Phi) is 1.78. The summed E-state index contributed by atoms with van der Waals surface area (Å²) in [6, 6.07) is 0. The van der Waals surface area contributed by atoms with Crippen LogP contribution in [0.5, 0.6) is 0 Å². The molecule has 54 valence electrons. The molecule has 0 aromatic carbocycles. The van der Waals surface area contributed by atoms with Crippen LogP contribution >= 0.6 is 0 Å². The van der Waals surface area contributed by atoms with E-state index in [1.165, 1.54) is 4.90 Å². The van der Waals surface area contributed by atoms with E-state index in [9.17, 15) is 0 Å². The van der Waals surface area contributed by atoms with Crippen LogP contribution in [0.25, 0.3) is 0 Å². The van der Waals surface area contributed by atoms with Gasteiger partial charge in [-0.15, -0.1) is 0 Å². The van der Waals surface area contributed by atoms with Gasteiger partial charge in [0.25, 0.3) is 0 Å². The van der Waals surface area contributed by atoms with E-state index in [-0.39, 0.29) is 0 Å². The quantitative estimate of drug-likeness (QED) is 0.402. The molecule has 1 fully saturated rings. The first-order valence-electron chi connectivity index (χ1n) is 3.52. The molecule has 0 radical (unpaired) electrons. The van der Waals surface area contributed by atoms with E-state index in [1.807, 2.05) is 0 Å². The molecule has 0 aliphatic carbocycles. The summed E-state index contributed by atoms with van der Waals surface area (Å²) < 4.78 is 0. The molecule has 0 spiro atoms. The summed E-state index contributed by atoms with van der Waals surface area (Å²) in [6.45, 7) is 7.83. The van der Waals surface area contributed by atoms with Crippen molar-refractivity contribution in [2.24, 2.45) is 0 Å². The number of nitrogens with one attached hydrogen (secondary N) is 2. The zero-order valence-electron chi connectivity index (χ0n) is 6.33. The fourth-order valence-electron chi connectivity index (χ4n) is 1.35. The third-order valence-corrected chi connectivity index (χ3v) is 1.77. The van der Waals surface area contributed by atoms with Crippen molar-refractivity contribution >= 4 is 0 Å². The Labute approximate surface area is 57.2 Å². The van der Waals surface area contributed by atoms with Crippen LogP contribution in [0.2, 0.25) is 0 Å². The summed E-state index contributed by atoms with van der Waals surface area (Å²) in [4.78, 5) is 1.39. The van der Waals surface area contributed by atoms with Gasteiger partial charge in [-0.2, -0.15) is 7.05 Å². The molecule has 0 aromatic rings. The number of quaternary nitrogens is 1. The molecule has 9 heavy (non-hydrogen) atoms. The predicted octanol–water partition coefficient (Wildman–Crippen LogP) is -0.955. The van der Waals surface area contributed by atoms with E-state index in [4.69, 9.17) is 0 Å². The lowest BCUT2D eigenvalue weighted by Crippen LogP contribution is -3.12. The Morgan fingerprint density at radius 1 is 1.56 bits per heavy atom. The Bertz CT molecular complexity index is 99.1. The van der Waals surface area contributed by atoms with Crippen LogP contribution in [0.15, 0.2) is 0 Å². The second-order valence-electron chi connectivity index (χ2n) is 3.49. The Morgan fingerprint density at radius 3 is 2.56 bits per heavy atom. The molecule has 1 aliphatic rings. The van der Waals surface area contributed by atoms with Crippen molar-refractivity contribution in [1.29, 1.82) is 0 Å². The van der Waals surface area contributed by atoms with E-state index in [0.717, 1.165) is 19.6 Å². The highest BCUT2D eigenvalue weighted by atomic mass is 15.2. The van der Waals surface area contributed by atoms with Gasteiger partial charge in [-0.05, 0) is 13.8 Å². The Morgan fingerprint density at radius 2 is 2.22 bits per heavy atom. The molecule has 1 saturated heterocycles. The maximum absolute atomic E-state index is 3.97. The number of hydrogen-bond donors (Lipinski definition) is 2. The summed E-state index contributed by atoms with van der Waals surface area (Å²) in [5.74, 6) is 0. The monoisotopic (exact) mass is 128 g/mol. The second-order valence-corrected chi connectivity index (χ2v) is 3.49. The molecule has 2 nitrogen and oxygen atoms in total. The van der Waals surface area contributed by atoms with E-state index >= 15 is 0 Å². The minimum absolute atomic E-state index is 0.301. The summed E-state index contributed by atoms with van der Waals surface area (Å²) in [5.41, 5.74) is 0.301. The minimum Gasteiger partial charge on any atom is -0.465 e. The topological polar surface area (TPSA) is 16.5 Å². The van der Waals surface area contributed by atoms with Crippen molar-refractivity contribution in [1.82, 2.24) is 5.32 Å². The van der Waals surface area contributed by atoms with Crippen LogP contribution in [0.4, 0.5) is 0 Å². The molecule has 1 heterocycles. The standard InChI is InChI=1S/C7H16N2/c1-7(2)6-9(3)5-4-8-7/h8-9H,3-6H2,1-2H3. The van der Waals surface area contributed by atoms with Crippen LogP contribution in [0.1, 0.15) is 13.8 Å². The predicted molar refractivity (Wildman–Crippen MR) is 38.1 cm³/mol. The number of piperazine rings is 1. The molecule has 0 amide bonds. The third-order valence-electron chi connectivity index (χ3n) is 1.77. The lowest BCUT2D eigenvalue weighted by molar-refractivity contribution is -0.862. The lowest BCUT2D eigenvalue weighted by Gasteiger charge is -2.38. The van der Waals surface area contributed by atoms with Crippen molar-refractivity contribution in [3.63, 3.8) is 0 Å². The van der Waals surface area contributed by atoms with Crippen molar-refractivity contribution in [2.45, 2.75) is 19.4 Å². The van der Waals surface area contributed by atoms with Gasteiger partial charge in [-0.1, -0.05) is 0 Å². The normalized spacial score (nSPS) is 34.3. The molecule has 0 bridgehead atoms. The maximum atomic E-state index is 3.97. The maximum Gasteiger partial charge on any atom is 0.0710 e. The molecular weight excluding hydrogens is 112 g/mol. The zero-order valence-corrected chi connectivity index (χ0v) is 6.33. The Hall–Kier alpha value is -0.0800. The van der Waals surface area contributed by atoms with Crippen LogP contribution in [0.3, 0.4) is 0 Å². The lowest BCUT2D eigenvalue weighted by atomic mass is 10.0. The van der Waals surface area contributed by atoms with E-state index in [2.05, 4.69) is 26.2 Å². The van der Waals surface area contributed by atoms with Crippen LogP contribution in [-0.2, 0) is 0 Å². The number of rotatable bonds is 0. The third kappa shape index (κ3) is 1.95. The van der Waals surface area contributed by atoms with Gasteiger partial charge in [0.1, 0.15) is 0 Å². The first-order chi connectivity index (χ1) is 4.10. The highest BCUT2D eigenvalue weighted by Gasteiger charge is 2.23. The smallest absolute Gasteiger partial charge is 0.0710 e. The molecule has 1 rings (SSSR count). The van der Waals surface area contributed by atoms with Gasteiger partial charge in [0, 0.05) is 6.54 Å². The zero-order chi connectivity index (χ0) is 6.91. The van der Waals surface area contributed by atoms with E-state index in [0.29, 0.717) is 5.54 Å². The molecule has 0 saturated carbocycles. The number of hydrogen-bond acceptors (Lipinski definition) is 1. The van der Waals surface area contributed by atoms with E-state index in [1.54, 1.807) is 0 Å². The largest absolute Gasteiger partial charge is 0.465 e. The minimum atomic E-state index is 0.301. The fraction of sp³-hybridized carbons (Fsp3) is 0.857. The first-order valence-corrected chi connectivity index (χ1v) is 3.52. The fourth-order valence-corrected chi connectivity index (χ4v) is 1.35. The second kappa shape index (κ2) is 2.27. The van der Waals surface area contributed by atoms with Gasteiger partial charge in [0.2, 0.25) is 0 Å². The van der Waals surface area contributed by atoms with Crippen LogP contribution in [0, 0.1) is 7.05 Å². The molecular formula is C7H16N2. The van der Waals surface area contributed by atoms with E-state index < -0.39 is 0 Å². The highest BCUT2D eigenvalue weighted by molar-refractivity contribution is 4.78. The SMILES string of the molecule is [CH2-][NH+]1CCNC(C)(C)C1. The molecule has 1 unspecified atom stereocenters. The summed E-state index contributed by atoms with van der Waals surface area (Å²) in [7, 11) is 3.97. The molecule has 1 aliphatic heterocycles. The average molecular weight is 128 g/mol. The van der Waals surface area contributed by atoms with Crippen LogP contribution in [-0.4, -0.2) is 25.2 Å². The molecule has 2 heteroatoms.